The molecule has 1 heterocycles. The van der Waals surface area contributed by atoms with Crippen molar-refractivity contribution in [1.82, 2.24) is 0 Å². The summed E-state index contributed by atoms with van der Waals surface area (Å²) in [6.45, 7) is 2.58. The maximum Gasteiger partial charge on any atom is 0.335 e. The van der Waals surface area contributed by atoms with Gasteiger partial charge in [-0.25, -0.2) is 13.2 Å². The van der Waals surface area contributed by atoms with E-state index >= 15 is 0 Å². The van der Waals surface area contributed by atoms with E-state index in [1.807, 2.05) is 0 Å². The number of ether oxygens (including phenoxy) is 3. The molecular formula is C18H20Cl2O6S. The number of halogens is 2. The number of benzene rings is 1. The molecule has 6 nitrogen and oxygen atoms in total. The van der Waals surface area contributed by atoms with E-state index in [4.69, 9.17) is 37.4 Å². The van der Waals surface area contributed by atoms with Crippen LogP contribution in [0.15, 0.2) is 29.8 Å². The van der Waals surface area contributed by atoms with Gasteiger partial charge >= 0.3 is 5.97 Å². The highest BCUT2D eigenvalue weighted by molar-refractivity contribution is 7.91. The maximum atomic E-state index is 13.1. The zero-order chi connectivity index (χ0) is 19.7. The summed E-state index contributed by atoms with van der Waals surface area (Å²) in [7, 11) is -3.76. The minimum atomic E-state index is -3.76. The van der Waals surface area contributed by atoms with Crippen LogP contribution in [-0.2, 0) is 34.6 Å². The van der Waals surface area contributed by atoms with Crippen molar-refractivity contribution in [1.29, 1.82) is 0 Å². The van der Waals surface area contributed by atoms with E-state index in [-0.39, 0.29) is 34.4 Å². The van der Waals surface area contributed by atoms with Crippen LogP contribution in [0.4, 0.5) is 0 Å². The lowest BCUT2D eigenvalue weighted by atomic mass is 9.94. The Morgan fingerprint density at radius 3 is 2.67 bits per heavy atom. The molecule has 3 rings (SSSR count). The third-order valence-corrected chi connectivity index (χ3v) is 7.51. The molecule has 0 bridgehead atoms. The number of hydrogen-bond donors (Lipinski definition) is 0. The molecule has 0 aromatic heterocycles. The molecule has 1 aromatic carbocycles. The molecule has 1 fully saturated rings. The zero-order valence-corrected chi connectivity index (χ0v) is 17.1. The van der Waals surface area contributed by atoms with Gasteiger partial charge in [0.05, 0.1) is 46.4 Å². The Hall–Kier alpha value is -1.12. The van der Waals surface area contributed by atoms with Crippen LogP contribution in [-0.4, -0.2) is 45.2 Å². The van der Waals surface area contributed by atoms with Gasteiger partial charge in [0.2, 0.25) is 0 Å². The van der Waals surface area contributed by atoms with Crippen molar-refractivity contribution in [2.75, 3.05) is 19.8 Å². The van der Waals surface area contributed by atoms with E-state index < -0.39 is 26.8 Å². The summed E-state index contributed by atoms with van der Waals surface area (Å²) in [4.78, 5) is 12.5. The molecule has 1 aliphatic heterocycles. The van der Waals surface area contributed by atoms with E-state index in [0.717, 1.165) is 0 Å². The van der Waals surface area contributed by atoms with Crippen LogP contribution in [0.5, 0.6) is 0 Å². The number of carbonyl (C=O) groups is 1. The molecule has 0 amide bonds. The topological polar surface area (TPSA) is 78.9 Å². The smallest absolute Gasteiger partial charge is 0.335 e. The fraction of sp³-hybridized carbons (Fsp3) is 0.500. The predicted molar refractivity (Wildman–Crippen MR) is 101 cm³/mol. The third-order valence-electron chi connectivity index (χ3n) is 4.59. The fourth-order valence-electron chi connectivity index (χ4n) is 3.34. The van der Waals surface area contributed by atoms with Gasteiger partial charge < -0.3 is 14.2 Å². The Morgan fingerprint density at radius 1 is 1.30 bits per heavy atom. The lowest BCUT2D eigenvalue weighted by Gasteiger charge is -2.33. The molecular weight excluding hydrogens is 415 g/mol. The van der Waals surface area contributed by atoms with Crippen molar-refractivity contribution < 1.29 is 27.4 Å². The number of rotatable bonds is 5. The molecule has 27 heavy (non-hydrogen) atoms. The normalized spacial score (nSPS) is 21.9. The van der Waals surface area contributed by atoms with Crippen molar-refractivity contribution in [3.8, 4) is 0 Å². The highest BCUT2D eigenvalue weighted by Crippen LogP contribution is 2.38. The first-order valence-electron chi connectivity index (χ1n) is 8.60. The summed E-state index contributed by atoms with van der Waals surface area (Å²) in [5.41, 5.74) is 0.434. The van der Waals surface area contributed by atoms with Crippen molar-refractivity contribution in [3.05, 3.63) is 45.5 Å². The maximum absolute atomic E-state index is 13.1. The Kier molecular flexibility index (Phi) is 6.17. The first-order chi connectivity index (χ1) is 12.8. The fourth-order valence-corrected chi connectivity index (χ4v) is 5.71. The average Bonchev–Trinajstić information content (AvgIpc) is 3.06. The average molecular weight is 435 g/mol. The molecule has 1 saturated heterocycles. The SMILES string of the molecule is CCOC(=O)C1=CC2(CCC1S(=O)(=O)Cc1cccc(Cl)c1Cl)OCCO2. The molecule has 0 radical (unpaired) electrons. The van der Waals surface area contributed by atoms with Gasteiger partial charge in [-0.2, -0.15) is 0 Å². The van der Waals surface area contributed by atoms with Gasteiger partial charge in [0.15, 0.2) is 15.6 Å². The van der Waals surface area contributed by atoms with Crippen LogP contribution in [0, 0.1) is 0 Å². The van der Waals surface area contributed by atoms with Gasteiger partial charge in [-0.1, -0.05) is 35.3 Å². The van der Waals surface area contributed by atoms with Crippen molar-refractivity contribution in [3.63, 3.8) is 0 Å². The largest absolute Gasteiger partial charge is 0.463 e. The van der Waals surface area contributed by atoms with Gasteiger partial charge in [-0.15, -0.1) is 0 Å². The third kappa shape index (κ3) is 4.32. The highest BCUT2D eigenvalue weighted by atomic mass is 35.5. The summed E-state index contributed by atoms with van der Waals surface area (Å²) in [5, 5.41) is -0.551. The Morgan fingerprint density at radius 2 is 2.00 bits per heavy atom. The van der Waals surface area contributed by atoms with E-state index in [1.165, 1.54) is 6.08 Å². The Labute approximate surface area is 168 Å². The lowest BCUT2D eigenvalue weighted by Crippen LogP contribution is -2.40. The van der Waals surface area contributed by atoms with Crippen molar-refractivity contribution >= 4 is 39.0 Å². The summed E-state index contributed by atoms with van der Waals surface area (Å²) in [6.07, 6.45) is 1.98. The van der Waals surface area contributed by atoms with E-state index in [2.05, 4.69) is 0 Å². The van der Waals surface area contributed by atoms with Crippen molar-refractivity contribution in [2.24, 2.45) is 0 Å². The monoisotopic (exact) mass is 434 g/mol. The summed E-state index contributed by atoms with van der Waals surface area (Å²) in [5.74, 6) is -2.06. The van der Waals surface area contributed by atoms with Crippen LogP contribution in [0.2, 0.25) is 10.0 Å². The number of carbonyl (C=O) groups excluding carboxylic acids is 1. The van der Waals surface area contributed by atoms with Crippen LogP contribution in [0.3, 0.4) is 0 Å². The van der Waals surface area contributed by atoms with Crippen molar-refractivity contribution in [2.45, 2.75) is 36.6 Å². The Bertz CT molecular complexity index is 859. The minimum absolute atomic E-state index is 0.0446. The number of esters is 1. The quantitative estimate of drug-likeness (QED) is 0.661. The summed E-state index contributed by atoms with van der Waals surface area (Å²) in [6, 6.07) is 4.83. The van der Waals surface area contributed by atoms with Gasteiger partial charge in [0.25, 0.3) is 0 Å². The minimum Gasteiger partial charge on any atom is -0.463 e. The summed E-state index contributed by atoms with van der Waals surface area (Å²) >= 11 is 12.1. The van der Waals surface area contributed by atoms with Crippen LogP contribution in [0.1, 0.15) is 25.3 Å². The second kappa shape index (κ2) is 8.09. The number of sulfone groups is 1. The molecule has 2 aliphatic rings. The van der Waals surface area contributed by atoms with E-state index in [1.54, 1.807) is 25.1 Å². The molecule has 148 valence electrons. The molecule has 9 heteroatoms. The van der Waals surface area contributed by atoms with Gasteiger partial charge in [0, 0.05) is 6.42 Å². The van der Waals surface area contributed by atoms with Gasteiger partial charge in [-0.3, -0.25) is 0 Å². The second-order valence-electron chi connectivity index (χ2n) is 6.38. The highest BCUT2D eigenvalue weighted by Gasteiger charge is 2.46. The van der Waals surface area contributed by atoms with E-state index in [9.17, 15) is 13.2 Å². The van der Waals surface area contributed by atoms with E-state index in [0.29, 0.717) is 25.2 Å². The molecule has 1 spiro atoms. The number of hydrogen-bond acceptors (Lipinski definition) is 6. The van der Waals surface area contributed by atoms with Crippen LogP contribution >= 0.6 is 23.2 Å². The molecule has 1 aromatic rings. The Balaban J connectivity index is 1.95. The van der Waals surface area contributed by atoms with Gasteiger partial charge in [-0.05, 0) is 31.1 Å². The first kappa shape index (κ1) is 20.6. The second-order valence-corrected chi connectivity index (χ2v) is 9.34. The van der Waals surface area contributed by atoms with Gasteiger partial charge in [0.1, 0.15) is 0 Å². The molecule has 0 saturated carbocycles. The molecule has 1 aliphatic carbocycles. The molecule has 1 unspecified atom stereocenters. The first-order valence-corrected chi connectivity index (χ1v) is 11.1. The molecule has 0 N–H and O–H groups in total. The van der Waals surface area contributed by atoms with Crippen LogP contribution < -0.4 is 0 Å². The standard InChI is InChI=1S/C18H20Cl2O6S/c1-2-24-17(21)13-10-18(25-8-9-26-18)7-6-15(13)27(22,23)11-12-4-3-5-14(19)16(12)20/h3-5,10,15H,2,6-9,11H2,1H3. The molecule has 1 atom stereocenters. The van der Waals surface area contributed by atoms with Crippen LogP contribution in [0.25, 0.3) is 0 Å². The summed E-state index contributed by atoms with van der Waals surface area (Å²) < 4.78 is 42.5. The predicted octanol–water partition coefficient (Wildman–Crippen LogP) is 3.30. The zero-order valence-electron chi connectivity index (χ0n) is 14.7. The lowest BCUT2D eigenvalue weighted by molar-refractivity contribution is -0.143.